The van der Waals surface area contributed by atoms with E-state index in [9.17, 15) is 4.79 Å². The molecule has 0 saturated carbocycles. The lowest BCUT2D eigenvalue weighted by Gasteiger charge is -2.28. The van der Waals surface area contributed by atoms with Crippen molar-refractivity contribution in [2.75, 3.05) is 39.5 Å². The first kappa shape index (κ1) is 23.9. The summed E-state index contributed by atoms with van der Waals surface area (Å²) in [4.78, 5) is 26.3. The van der Waals surface area contributed by atoms with E-state index in [0.29, 0.717) is 17.3 Å². The number of hydrogen-bond acceptors (Lipinski definition) is 7. The quantitative estimate of drug-likeness (QED) is 0.411. The molecule has 0 spiro atoms. The van der Waals surface area contributed by atoms with Crippen molar-refractivity contribution < 1.29 is 9.53 Å². The minimum atomic E-state index is -0.297. The Morgan fingerprint density at radius 2 is 1.97 bits per heavy atom. The van der Waals surface area contributed by atoms with Gasteiger partial charge in [0.15, 0.2) is 5.69 Å². The summed E-state index contributed by atoms with van der Waals surface area (Å²) in [6, 6.07) is 11.6. The van der Waals surface area contributed by atoms with E-state index in [1.165, 1.54) is 0 Å². The second-order valence-electron chi connectivity index (χ2n) is 9.61. The Hall–Kier alpha value is -3.82. The standard InChI is InChI=1S/C27H31N7O2/c1-33(2)17-18-12-20(16-28-15-18)19-4-5-24-23(13-19)26(32-31-24)27(35)30-21-6-9-29-25(14-21)36-22-7-10-34(3)11-8-22/h4-6,9,12-16,22H,7-8,10-11,17H2,1-3H3,(H,31,32)(H,29,30,35). The average Bonchev–Trinajstić information content (AvgIpc) is 3.29. The van der Waals surface area contributed by atoms with Crippen LogP contribution in [0.15, 0.2) is 55.0 Å². The third kappa shape index (κ3) is 5.53. The van der Waals surface area contributed by atoms with Crippen LogP contribution in [0.25, 0.3) is 22.0 Å². The monoisotopic (exact) mass is 485 g/mol. The van der Waals surface area contributed by atoms with E-state index >= 15 is 0 Å². The van der Waals surface area contributed by atoms with Gasteiger partial charge in [-0.05, 0) is 69.4 Å². The first-order valence-corrected chi connectivity index (χ1v) is 12.1. The minimum absolute atomic E-state index is 0.138. The summed E-state index contributed by atoms with van der Waals surface area (Å²) in [7, 11) is 6.18. The van der Waals surface area contributed by atoms with Gasteiger partial charge in [-0.1, -0.05) is 6.07 Å². The van der Waals surface area contributed by atoms with Crippen LogP contribution in [-0.4, -0.2) is 76.2 Å². The van der Waals surface area contributed by atoms with E-state index in [2.05, 4.69) is 48.4 Å². The van der Waals surface area contributed by atoms with Crippen molar-refractivity contribution in [1.29, 1.82) is 0 Å². The molecule has 1 saturated heterocycles. The molecule has 1 aromatic carbocycles. The van der Waals surface area contributed by atoms with Crippen molar-refractivity contribution in [1.82, 2.24) is 30.0 Å². The van der Waals surface area contributed by atoms with Crippen LogP contribution in [0.1, 0.15) is 28.9 Å². The molecule has 3 aromatic heterocycles. The van der Waals surface area contributed by atoms with Crippen molar-refractivity contribution >= 4 is 22.5 Å². The summed E-state index contributed by atoms with van der Waals surface area (Å²) in [6.45, 7) is 2.81. The minimum Gasteiger partial charge on any atom is -0.474 e. The van der Waals surface area contributed by atoms with Gasteiger partial charge in [0.25, 0.3) is 5.91 Å². The maximum atomic E-state index is 13.2. The van der Waals surface area contributed by atoms with Crippen molar-refractivity contribution in [3.05, 3.63) is 66.2 Å². The summed E-state index contributed by atoms with van der Waals surface area (Å²) in [5.41, 5.74) is 4.84. The Labute approximate surface area is 210 Å². The van der Waals surface area contributed by atoms with Crippen LogP contribution in [-0.2, 0) is 6.54 Å². The molecular formula is C27H31N7O2. The number of benzene rings is 1. The normalized spacial score (nSPS) is 14.9. The van der Waals surface area contributed by atoms with Crippen LogP contribution < -0.4 is 10.1 Å². The third-order valence-corrected chi connectivity index (χ3v) is 6.35. The van der Waals surface area contributed by atoms with E-state index in [1.54, 1.807) is 18.3 Å². The Balaban J connectivity index is 1.34. The van der Waals surface area contributed by atoms with Gasteiger partial charge in [0.2, 0.25) is 5.88 Å². The molecule has 0 unspecified atom stereocenters. The summed E-state index contributed by atoms with van der Waals surface area (Å²) < 4.78 is 6.07. The van der Waals surface area contributed by atoms with E-state index < -0.39 is 0 Å². The maximum Gasteiger partial charge on any atom is 0.276 e. The zero-order valence-corrected chi connectivity index (χ0v) is 20.9. The molecule has 9 heteroatoms. The van der Waals surface area contributed by atoms with Gasteiger partial charge in [0, 0.05) is 60.9 Å². The molecular weight excluding hydrogens is 454 g/mol. The molecule has 36 heavy (non-hydrogen) atoms. The second kappa shape index (κ2) is 10.4. The number of ether oxygens (including phenoxy) is 1. The smallest absolute Gasteiger partial charge is 0.276 e. The van der Waals surface area contributed by atoms with Crippen LogP contribution in [0.2, 0.25) is 0 Å². The van der Waals surface area contributed by atoms with E-state index in [4.69, 9.17) is 4.74 Å². The Kier molecular flexibility index (Phi) is 6.92. The van der Waals surface area contributed by atoms with E-state index in [0.717, 1.165) is 60.1 Å². The fourth-order valence-electron chi connectivity index (χ4n) is 4.48. The van der Waals surface area contributed by atoms with Crippen molar-refractivity contribution in [3.63, 3.8) is 0 Å². The molecule has 0 atom stereocenters. The van der Waals surface area contributed by atoms with Crippen LogP contribution >= 0.6 is 0 Å². The molecule has 1 amide bonds. The SMILES string of the molecule is CN(C)Cc1cncc(-c2ccc3[nH]nc(C(=O)Nc4ccnc(OC5CCN(C)CC5)c4)c3c2)c1. The molecule has 186 valence electrons. The predicted molar refractivity (Wildman–Crippen MR) is 140 cm³/mol. The van der Waals surface area contributed by atoms with Gasteiger partial charge < -0.3 is 19.9 Å². The number of amides is 1. The zero-order chi connectivity index (χ0) is 25.1. The molecule has 5 rings (SSSR count). The molecule has 9 nitrogen and oxygen atoms in total. The number of carbonyl (C=O) groups is 1. The number of carbonyl (C=O) groups excluding carboxylic acids is 1. The number of H-pyrrole nitrogens is 1. The highest BCUT2D eigenvalue weighted by molar-refractivity contribution is 6.11. The van der Waals surface area contributed by atoms with Crippen LogP contribution in [0.3, 0.4) is 0 Å². The third-order valence-electron chi connectivity index (χ3n) is 6.35. The molecule has 0 radical (unpaired) electrons. The lowest BCUT2D eigenvalue weighted by molar-refractivity contribution is 0.102. The van der Waals surface area contributed by atoms with Crippen molar-refractivity contribution in [2.24, 2.45) is 0 Å². The molecule has 0 bridgehead atoms. The summed E-state index contributed by atoms with van der Waals surface area (Å²) >= 11 is 0. The first-order valence-electron chi connectivity index (χ1n) is 12.1. The molecule has 0 aliphatic carbocycles. The van der Waals surface area contributed by atoms with Gasteiger partial charge in [0.1, 0.15) is 6.10 Å². The Morgan fingerprint density at radius 3 is 2.78 bits per heavy atom. The highest BCUT2D eigenvalue weighted by atomic mass is 16.5. The Bertz CT molecular complexity index is 1360. The van der Waals surface area contributed by atoms with E-state index in [-0.39, 0.29) is 12.0 Å². The van der Waals surface area contributed by atoms with Crippen LogP contribution in [0.5, 0.6) is 5.88 Å². The number of piperidine rings is 1. The number of nitrogens with one attached hydrogen (secondary N) is 2. The lowest BCUT2D eigenvalue weighted by atomic mass is 10.0. The molecule has 1 aliphatic heterocycles. The molecule has 1 aliphatic rings. The molecule has 4 heterocycles. The van der Waals surface area contributed by atoms with Crippen LogP contribution in [0.4, 0.5) is 5.69 Å². The summed E-state index contributed by atoms with van der Waals surface area (Å²) in [5.74, 6) is 0.218. The van der Waals surface area contributed by atoms with Gasteiger partial charge in [-0.2, -0.15) is 5.10 Å². The number of pyridine rings is 2. The molecule has 1 fully saturated rings. The average molecular weight is 486 g/mol. The van der Waals surface area contributed by atoms with E-state index in [1.807, 2.05) is 44.7 Å². The highest BCUT2D eigenvalue weighted by Crippen LogP contribution is 2.27. The van der Waals surface area contributed by atoms with Crippen LogP contribution in [0, 0.1) is 0 Å². The molecule has 4 aromatic rings. The lowest BCUT2D eigenvalue weighted by Crippen LogP contribution is -2.35. The number of likely N-dealkylation sites (tertiary alicyclic amines) is 1. The zero-order valence-electron chi connectivity index (χ0n) is 20.9. The summed E-state index contributed by atoms with van der Waals surface area (Å²) in [5, 5.41) is 11.0. The fraction of sp³-hybridized carbons (Fsp3) is 0.333. The number of anilines is 1. The fourth-order valence-corrected chi connectivity index (χ4v) is 4.48. The topological polar surface area (TPSA) is 99.3 Å². The van der Waals surface area contributed by atoms with Crippen molar-refractivity contribution in [3.8, 4) is 17.0 Å². The Morgan fingerprint density at radius 1 is 1.14 bits per heavy atom. The largest absolute Gasteiger partial charge is 0.474 e. The van der Waals surface area contributed by atoms with Gasteiger partial charge in [-0.15, -0.1) is 0 Å². The number of aromatic nitrogens is 4. The van der Waals surface area contributed by atoms with Gasteiger partial charge in [-0.3, -0.25) is 14.9 Å². The number of nitrogens with zero attached hydrogens (tertiary/aromatic N) is 5. The number of rotatable bonds is 7. The molecule has 2 N–H and O–H groups in total. The highest BCUT2D eigenvalue weighted by Gasteiger charge is 2.19. The van der Waals surface area contributed by atoms with Gasteiger partial charge >= 0.3 is 0 Å². The first-order chi connectivity index (χ1) is 17.4. The predicted octanol–water partition coefficient (Wildman–Crippen LogP) is 3.81. The second-order valence-corrected chi connectivity index (χ2v) is 9.61. The summed E-state index contributed by atoms with van der Waals surface area (Å²) in [6.07, 6.45) is 7.42. The van der Waals surface area contributed by atoms with Gasteiger partial charge in [0.05, 0.1) is 5.52 Å². The van der Waals surface area contributed by atoms with Gasteiger partial charge in [-0.25, -0.2) is 4.98 Å². The van der Waals surface area contributed by atoms with Crippen molar-refractivity contribution in [2.45, 2.75) is 25.5 Å². The number of hydrogen-bond donors (Lipinski definition) is 2. The number of aromatic amines is 1. The number of fused-ring (bicyclic) bond motifs is 1. The maximum absolute atomic E-state index is 13.2.